The van der Waals surface area contributed by atoms with Crippen LogP contribution >= 0.6 is 11.3 Å². The maximum atomic E-state index is 11.7. The lowest BCUT2D eigenvalue weighted by Crippen LogP contribution is -2.47. The highest BCUT2D eigenvalue weighted by molar-refractivity contribution is 7.09. The van der Waals surface area contributed by atoms with E-state index in [1.165, 1.54) is 0 Å². The second-order valence-electron chi connectivity index (χ2n) is 3.91. The van der Waals surface area contributed by atoms with Crippen LogP contribution in [0.3, 0.4) is 0 Å². The van der Waals surface area contributed by atoms with Crippen molar-refractivity contribution in [2.45, 2.75) is 39.0 Å². The first-order valence-corrected chi connectivity index (χ1v) is 6.05. The zero-order valence-electron chi connectivity index (χ0n) is 8.62. The Morgan fingerprint density at radius 3 is 2.71 bits per heavy atom. The summed E-state index contributed by atoms with van der Waals surface area (Å²) in [6.45, 7) is 4.22. The predicted octanol–water partition coefficient (Wildman–Crippen LogP) is 3.01. The molecule has 0 saturated heterocycles. The minimum Gasteiger partial charge on any atom is -0.299 e. The summed E-state index contributed by atoms with van der Waals surface area (Å²) in [6.07, 6.45) is 4.44. The maximum absolute atomic E-state index is 11.7. The van der Waals surface area contributed by atoms with Crippen LogP contribution in [0.25, 0.3) is 0 Å². The van der Waals surface area contributed by atoms with Gasteiger partial charge in [0.05, 0.1) is 5.01 Å². The Morgan fingerprint density at radius 1 is 1.57 bits per heavy atom. The summed E-state index contributed by atoms with van der Waals surface area (Å²) >= 11 is 1.68. The molecule has 1 unspecified atom stereocenters. The van der Waals surface area contributed by atoms with Crippen LogP contribution < -0.4 is 0 Å². The summed E-state index contributed by atoms with van der Waals surface area (Å²) in [6, 6.07) is 0. The molecular weight excluding hydrogens is 194 g/mol. The molecule has 0 radical (unpaired) electrons. The first-order chi connectivity index (χ1) is 6.74. The summed E-state index contributed by atoms with van der Waals surface area (Å²) in [5, 5.41) is 3.14. The average Bonchev–Trinajstić information content (AvgIpc) is 2.69. The van der Waals surface area contributed by atoms with Gasteiger partial charge in [-0.1, -0.05) is 13.8 Å². The third-order valence-electron chi connectivity index (χ3n) is 3.62. The monoisotopic (exact) mass is 209 g/mol. The van der Waals surface area contributed by atoms with Crippen LogP contribution in [0.2, 0.25) is 0 Å². The molecule has 1 aromatic rings. The van der Waals surface area contributed by atoms with E-state index >= 15 is 0 Å². The fourth-order valence-corrected chi connectivity index (χ4v) is 3.37. The Bertz CT molecular complexity index is 327. The highest BCUT2D eigenvalue weighted by atomic mass is 32.1. The molecule has 0 aromatic carbocycles. The van der Waals surface area contributed by atoms with Crippen LogP contribution in [0.4, 0.5) is 0 Å². The van der Waals surface area contributed by atoms with Gasteiger partial charge in [-0.25, -0.2) is 4.98 Å². The first-order valence-electron chi connectivity index (χ1n) is 5.17. The van der Waals surface area contributed by atoms with Gasteiger partial charge in [0.15, 0.2) is 0 Å². The van der Waals surface area contributed by atoms with Crippen LogP contribution in [0.15, 0.2) is 11.6 Å². The Balaban J connectivity index is 2.27. The molecule has 0 aliphatic heterocycles. The number of rotatable bonds is 3. The fourth-order valence-electron chi connectivity index (χ4n) is 2.51. The van der Waals surface area contributed by atoms with Crippen molar-refractivity contribution in [2.24, 2.45) is 5.41 Å². The number of nitrogens with zero attached hydrogens (tertiary/aromatic N) is 1. The standard InChI is InChI=1S/C11H15NOS/c1-3-11(4-2)8(7-9(11)13)10-12-5-6-14-10/h5-6,8H,3-4,7H2,1-2H3. The van der Waals surface area contributed by atoms with E-state index < -0.39 is 0 Å². The summed E-state index contributed by atoms with van der Waals surface area (Å²) in [4.78, 5) is 16.0. The molecule has 1 atom stereocenters. The van der Waals surface area contributed by atoms with Crippen LogP contribution in [0, 0.1) is 5.41 Å². The van der Waals surface area contributed by atoms with Gasteiger partial charge in [0.2, 0.25) is 0 Å². The third-order valence-corrected chi connectivity index (χ3v) is 4.51. The zero-order valence-corrected chi connectivity index (χ0v) is 9.43. The molecular formula is C11H15NOS. The molecule has 14 heavy (non-hydrogen) atoms. The smallest absolute Gasteiger partial charge is 0.140 e. The lowest BCUT2D eigenvalue weighted by molar-refractivity contribution is -0.141. The minimum absolute atomic E-state index is 0.0855. The summed E-state index contributed by atoms with van der Waals surface area (Å²) in [7, 11) is 0. The molecule has 1 saturated carbocycles. The van der Waals surface area contributed by atoms with Crippen molar-refractivity contribution in [1.29, 1.82) is 0 Å². The van der Waals surface area contributed by atoms with E-state index in [0.29, 0.717) is 18.1 Å². The van der Waals surface area contributed by atoms with E-state index in [4.69, 9.17) is 0 Å². The van der Waals surface area contributed by atoms with E-state index in [1.807, 2.05) is 11.6 Å². The SMILES string of the molecule is CCC1(CC)C(=O)CC1c1nccs1. The highest BCUT2D eigenvalue weighted by Crippen LogP contribution is 2.54. The zero-order chi connectivity index (χ0) is 10.2. The number of carbonyl (C=O) groups is 1. The molecule has 1 aliphatic rings. The van der Waals surface area contributed by atoms with Gasteiger partial charge in [0, 0.05) is 29.3 Å². The van der Waals surface area contributed by atoms with Crippen molar-refractivity contribution in [3.05, 3.63) is 16.6 Å². The number of hydrogen-bond donors (Lipinski definition) is 0. The van der Waals surface area contributed by atoms with Crippen LogP contribution in [-0.2, 0) is 4.79 Å². The number of thiazole rings is 1. The molecule has 0 spiro atoms. The Kier molecular flexibility index (Phi) is 2.43. The maximum Gasteiger partial charge on any atom is 0.140 e. The van der Waals surface area contributed by atoms with E-state index in [9.17, 15) is 4.79 Å². The molecule has 1 heterocycles. The molecule has 2 nitrogen and oxygen atoms in total. The Hall–Kier alpha value is -0.700. The molecule has 1 aliphatic carbocycles. The van der Waals surface area contributed by atoms with Crippen molar-refractivity contribution in [2.75, 3.05) is 0 Å². The van der Waals surface area contributed by atoms with Gasteiger partial charge in [0.1, 0.15) is 5.78 Å². The molecule has 2 rings (SSSR count). The van der Waals surface area contributed by atoms with E-state index in [2.05, 4.69) is 18.8 Å². The summed E-state index contributed by atoms with van der Waals surface area (Å²) < 4.78 is 0. The summed E-state index contributed by atoms with van der Waals surface area (Å²) in [5.41, 5.74) is -0.0855. The number of Topliss-reactive ketones (excluding diaryl/α,β-unsaturated/α-hetero) is 1. The quantitative estimate of drug-likeness (QED) is 0.766. The van der Waals surface area contributed by atoms with E-state index in [1.54, 1.807) is 11.3 Å². The molecule has 0 bridgehead atoms. The molecule has 1 aromatic heterocycles. The third kappa shape index (κ3) is 1.15. The van der Waals surface area contributed by atoms with Gasteiger partial charge in [0.25, 0.3) is 0 Å². The number of aromatic nitrogens is 1. The highest BCUT2D eigenvalue weighted by Gasteiger charge is 2.53. The number of carbonyl (C=O) groups excluding carboxylic acids is 1. The second-order valence-corrected chi connectivity index (χ2v) is 4.84. The molecule has 0 N–H and O–H groups in total. The van der Waals surface area contributed by atoms with Crippen molar-refractivity contribution >= 4 is 17.1 Å². The van der Waals surface area contributed by atoms with Gasteiger partial charge >= 0.3 is 0 Å². The lowest BCUT2D eigenvalue weighted by atomic mass is 9.56. The van der Waals surface area contributed by atoms with E-state index in [0.717, 1.165) is 17.8 Å². The van der Waals surface area contributed by atoms with Gasteiger partial charge in [-0.2, -0.15) is 0 Å². The van der Waals surface area contributed by atoms with Crippen LogP contribution in [0.5, 0.6) is 0 Å². The van der Waals surface area contributed by atoms with Gasteiger partial charge in [-0.15, -0.1) is 11.3 Å². The number of hydrogen-bond acceptors (Lipinski definition) is 3. The fraction of sp³-hybridized carbons (Fsp3) is 0.636. The van der Waals surface area contributed by atoms with E-state index in [-0.39, 0.29) is 5.41 Å². The van der Waals surface area contributed by atoms with Crippen molar-refractivity contribution in [3.63, 3.8) is 0 Å². The van der Waals surface area contributed by atoms with Crippen molar-refractivity contribution in [1.82, 2.24) is 4.98 Å². The van der Waals surface area contributed by atoms with Crippen molar-refractivity contribution in [3.8, 4) is 0 Å². The van der Waals surface area contributed by atoms with Gasteiger partial charge in [-0.3, -0.25) is 4.79 Å². The first kappa shape index (κ1) is 9.84. The normalized spacial score (nSPS) is 24.7. The minimum atomic E-state index is -0.0855. The number of ketones is 1. The van der Waals surface area contributed by atoms with Crippen molar-refractivity contribution < 1.29 is 4.79 Å². The van der Waals surface area contributed by atoms with Crippen LogP contribution in [-0.4, -0.2) is 10.8 Å². The second kappa shape index (κ2) is 3.46. The molecule has 0 amide bonds. The predicted molar refractivity (Wildman–Crippen MR) is 57.5 cm³/mol. The average molecular weight is 209 g/mol. The van der Waals surface area contributed by atoms with Gasteiger partial charge in [-0.05, 0) is 12.8 Å². The largest absolute Gasteiger partial charge is 0.299 e. The Morgan fingerprint density at radius 2 is 2.29 bits per heavy atom. The summed E-state index contributed by atoms with van der Waals surface area (Å²) in [5.74, 6) is 0.827. The molecule has 1 fully saturated rings. The molecule has 76 valence electrons. The molecule has 3 heteroatoms. The van der Waals surface area contributed by atoms with Gasteiger partial charge < -0.3 is 0 Å². The Labute approximate surface area is 88.4 Å². The van der Waals surface area contributed by atoms with Crippen LogP contribution in [0.1, 0.15) is 44.0 Å². The lowest BCUT2D eigenvalue weighted by Gasteiger charge is -2.46. The topological polar surface area (TPSA) is 30.0 Å².